The average molecular weight is 314 g/mol. The van der Waals surface area contributed by atoms with Crippen LogP contribution in [0.15, 0.2) is 24.3 Å². The zero-order chi connectivity index (χ0) is 16.2. The van der Waals surface area contributed by atoms with E-state index in [2.05, 4.69) is 36.1 Å². The maximum atomic E-state index is 13.3. The number of benzene rings is 1. The number of carbonyl (C=O) groups excluding carboxylic acids is 1. The molecule has 1 aliphatic heterocycles. The topological polar surface area (TPSA) is 46.3 Å². The minimum Gasteiger partial charge on any atom is -0.335 e. The van der Waals surface area contributed by atoms with Gasteiger partial charge in [0.25, 0.3) is 0 Å². The molecule has 1 heterocycles. The highest BCUT2D eigenvalue weighted by atomic mass is 16.2. The SMILES string of the molecule is Cc1cccc(C2CCCCCN2C(=O)[C@@H]2CCC[C@@H]2CN)c1. The molecule has 1 aliphatic carbocycles. The fourth-order valence-electron chi connectivity index (χ4n) is 4.45. The van der Waals surface area contributed by atoms with Crippen molar-refractivity contribution < 1.29 is 4.79 Å². The Morgan fingerprint density at radius 1 is 1.17 bits per heavy atom. The number of nitrogens with zero attached hydrogens (tertiary/aromatic N) is 1. The standard InChI is InChI=1S/C20H30N2O/c1-15-7-5-8-16(13-15)19-11-3-2-4-12-22(19)20(23)18-10-6-9-17(18)14-21/h5,7-8,13,17-19H,2-4,6,9-12,14,21H2,1H3/t17-,18-,19?/m1/s1. The number of carbonyl (C=O) groups is 1. The van der Waals surface area contributed by atoms with Gasteiger partial charge in [-0.2, -0.15) is 0 Å². The molecule has 0 radical (unpaired) electrons. The van der Waals surface area contributed by atoms with Crippen LogP contribution in [0.1, 0.15) is 62.1 Å². The van der Waals surface area contributed by atoms with E-state index in [9.17, 15) is 4.79 Å². The highest BCUT2D eigenvalue weighted by molar-refractivity contribution is 5.80. The Hall–Kier alpha value is -1.35. The molecule has 1 saturated carbocycles. The first-order valence-corrected chi connectivity index (χ1v) is 9.28. The van der Waals surface area contributed by atoms with Crippen molar-refractivity contribution in [2.75, 3.05) is 13.1 Å². The Kier molecular flexibility index (Phi) is 5.37. The maximum Gasteiger partial charge on any atom is 0.226 e. The fraction of sp³-hybridized carbons (Fsp3) is 0.650. The first kappa shape index (κ1) is 16.5. The molecule has 1 aromatic rings. The average Bonchev–Trinajstić information content (AvgIpc) is 2.90. The van der Waals surface area contributed by atoms with Gasteiger partial charge < -0.3 is 10.6 Å². The number of nitrogens with two attached hydrogens (primary N) is 1. The van der Waals surface area contributed by atoms with E-state index in [-0.39, 0.29) is 12.0 Å². The summed E-state index contributed by atoms with van der Waals surface area (Å²) < 4.78 is 0. The van der Waals surface area contributed by atoms with E-state index in [1.165, 1.54) is 24.0 Å². The summed E-state index contributed by atoms with van der Waals surface area (Å²) in [6.45, 7) is 3.69. The van der Waals surface area contributed by atoms with Crippen LogP contribution in [-0.4, -0.2) is 23.9 Å². The highest BCUT2D eigenvalue weighted by Gasteiger charge is 2.37. The molecule has 0 bridgehead atoms. The fourth-order valence-corrected chi connectivity index (χ4v) is 4.45. The first-order valence-electron chi connectivity index (χ1n) is 9.28. The van der Waals surface area contributed by atoms with E-state index in [1.807, 2.05) is 0 Å². The summed E-state index contributed by atoms with van der Waals surface area (Å²) in [6.07, 6.45) is 7.97. The maximum absolute atomic E-state index is 13.3. The molecule has 126 valence electrons. The molecule has 3 nitrogen and oxygen atoms in total. The Balaban J connectivity index is 1.85. The van der Waals surface area contributed by atoms with Crippen molar-refractivity contribution in [1.29, 1.82) is 0 Å². The van der Waals surface area contributed by atoms with Crippen molar-refractivity contribution in [2.24, 2.45) is 17.6 Å². The number of amides is 1. The van der Waals surface area contributed by atoms with Crippen LogP contribution in [0.2, 0.25) is 0 Å². The van der Waals surface area contributed by atoms with Crippen LogP contribution in [-0.2, 0) is 4.79 Å². The van der Waals surface area contributed by atoms with Crippen LogP contribution in [0.25, 0.3) is 0 Å². The molecule has 1 saturated heterocycles. The van der Waals surface area contributed by atoms with E-state index in [1.54, 1.807) is 0 Å². The van der Waals surface area contributed by atoms with Gasteiger partial charge in [-0.15, -0.1) is 0 Å². The molecule has 2 aliphatic rings. The number of aryl methyl sites for hydroxylation is 1. The van der Waals surface area contributed by atoms with Crippen LogP contribution in [0.3, 0.4) is 0 Å². The van der Waals surface area contributed by atoms with Crippen LogP contribution in [0, 0.1) is 18.8 Å². The lowest BCUT2D eigenvalue weighted by Crippen LogP contribution is -2.41. The summed E-state index contributed by atoms with van der Waals surface area (Å²) in [4.78, 5) is 15.5. The Bertz CT molecular complexity index is 542. The molecule has 3 atom stereocenters. The second-order valence-electron chi connectivity index (χ2n) is 7.34. The Morgan fingerprint density at radius 3 is 2.83 bits per heavy atom. The monoisotopic (exact) mass is 314 g/mol. The van der Waals surface area contributed by atoms with Crippen molar-refractivity contribution in [3.8, 4) is 0 Å². The van der Waals surface area contributed by atoms with Gasteiger partial charge in [-0.1, -0.05) is 49.1 Å². The van der Waals surface area contributed by atoms with Crippen molar-refractivity contribution >= 4 is 5.91 Å². The summed E-state index contributed by atoms with van der Waals surface area (Å²) in [5.41, 5.74) is 8.50. The molecule has 0 aromatic heterocycles. The normalized spacial score (nSPS) is 28.6. The lowest BCUT2D eigenvalue weighted by atomic mass is 9.92. The van der Waals surface area contributed by atoms with Crippen LogP contribution < -0.4 is 5.73 Å². The molecule has 1 unspecified atom stereocenters. The zero-order valence-corrected chi connectivity index (χ0v) is 14.3. The van der Waals surface area contributed by atoms with Gasteiger partial charge in [-0.25, -0.2) is 0 Å². The molecule has 1 aromatic carbocycles. The van der Waals surface area contributed by atoms with Gasteiger partial charge in [0.15, 0.2) is 0 Å². The summed E-state index contributed by atoms with van der Waals surface area (Å²) in [7, 11) is 0. The van der Waals surface area contributed by atoms with Gasteiger partial charge in [0.2, 0.25) is 5.91 Å². The first-order chi connectivity index (χ1) is 11.2. The van der Waals surface area contributed by atoms with E-state index in [4.69, 9.17) is 5.73 Å². The number of likely N-dealkylation sites (tertiary alicyclic amines) is 1. The molecule has 23 heavy (non-hydrogen) atoms. The molecule has 3 heteroatoms. The van der Waals surface area contributed by atoms with E-state index in [0.29, 0.717) is 18.4 Å². The second-order valence-corrected chi connectivity index (χ2v) is 7.34. The predicted molar refractivity (Wildman–Crippen MR) is 94.0 cm³/mol. The van der Waals surface area contributed by atoms with Crippen LogP contribution >= 0.6 is 0 Å². The van der Waals surface area contributed by atoms with Gasteiger partial charge in [0.1, 0.15) is 0 Å². The summed E-state index contributed by atoms with van der Waals surface area (Å²) in [5, 5.41) is 0. The number of hydrogen-bond acceptors (Lipinski definition) is 2. The van der Waals surface area contributed by atoms with Crippen molar-refractivity contribution in [2.45, 2.75) is 57.9 Å². The lowest BCUT2D eigenvalue weighted by Gasteiger charge is -2.34. The minimum atomic E-state index is 0.158. The molecular weight excluding hydrogens is 284 g/mol. The number of hydrogen-bond donors (Lipinski definition) is 1. The third kappa shape index (κ3) is 3.60. The molecule has 3 rings (SSSR count). The summed E-state index contributed by atoms with van der Waals surface area (Å²) in [6, 6.07) is 8.96. The summed E-state index contributed by atoms with van der Waals surface area (Å²) in [5.74, 6) is 0.917. The highest BCUT2D eigenvalue weighted by Crippen LogP contribution is 2.37. The van der Waals surface area contributed by atoms with Crippen molar-refractivity contribution in [3.05, 3.63) is 35.4 Å². The second kappa shape index (κ2) is 7.48. The predicted octanol–water partition coefficient (Wildman–Crippen LogP) is 3.81. The van der Waals surface area contributed by atoms with E-state index in [0.717, 1.165) is 38.6 Å². The van der Waals surface area contributed by atoms with Gasteiger partial charge in [0.05, 0.1) is 6.04 Å². The van der Waals surface area contributed by atoms with E-state index < -0.39 is 0 Å². The summed E-state index contributed by atoms with van der Waals surface area (Å²) >= 11 is 0. The molecule has 0 spiro atoms. The van der Waals surface area contributed by atoms with Gasteiger partial charge in [0, 0.05) is 12.5 Å². The number of rotatable bonds is 3. The quantitative estimate of drug-likeness (QED) is 0.922. The lowest BCUT2D eigenvalue weighted by molar-refractivity contribution is -0.139. The molecule has 2 N–H and O–H groups in total. The molecule has 2 fully saturated rings. The third-order valence-electron chi connectivity index (χ3n) is 5.74. The largest absolute Gasteiger partial charge is 0.335 e. The molecule has 1 amide bonds. The minimum absolute atomic E-state index is 0.158. The van der Waals surface area contributed by atoms with Crippen molar-refractivity contribution in [1.82, 2.24) is 4.90 Å². The zero-order valence-electron chi connectivity index (χ0n) is 14.3. The van der Waals surface area contributed by atoms with Crippen LogP contribution in [0.5, 0.6) is 0 Å². The Labute approximate surface area is 140 Å². The Morgan fingerprint density at radius 2 is 2.04 bits per heavy atom. The van der Waals surface area contributed by atoms with Crippen molar-refractivity contribution in [3.63, 3.8) is 0 Å². The smallest absolute Gasteiger partial charge is 0.226 e. The molecular formula is C20H30N2O. The van der Waals surface area contributed by atoms with E-state index >= 15 is 0 Å². The van der Waals surface area contributed by atoms with Gasteiger partial charge >= 0.3 is 0 Å². The van der Waals surface area contributed by atoms with Crippen LogP contribution in [0.4, 0.5) is 0 Å². The van der Waals surface area contributed by atoms with Gasteiger partial charge in [-0.05, 0) is 50.6 Å². The van der Waals surface area contributed by atoms with Gasteiger partial charge in [-0.3, -0.25) is 4.79 Å². The third-order valence-corrected chi connectivity index (χ3v) is 5.74.